The molecule has 0 saturated carbocycles. The standard InChI is InChI=1S/C20H16ClFN6OS2/c1-28-17(13-4-6-14(21)7-5-13)25-27-20(28)30-11-16-24-26-19(31-16)18(29)23-10-12-2-8-15(22)9-3-12/h2-9H,10-11H2,1H3,(H,23,29). The Bertz CT molecular complexity index is 1190. The minimum Gasteiger partial charge on any atom is -0.346 e. The predicted molar refractivity (Wildman–Crippen MR) is 118 cm³/mol. The summed E-state index contributed by atoms with van der Waals surface area (Å²) in [4.78, 5) is 12.3. The molecule has 11 heteroatoms. The van der Waals surface area contributed by atoms with Gasteiger partial charge in [0.25, 0.3) is 5.91 Å². The fourth-order valence-electron chi connectivity index (χ4n) is 2.68. The summed E-state index contributed by atoms with van der Waals surface area (Å²) in [6, 6.07) is 13.3. The first-order chi connectivity index (χ1) is 15.0. The molecule has 0 aliphatic rings. The molecule has 0 bridgehead atoms. The number of carbonyl (C=O) groups excluding carboxylic acids is 1. The van der Waals surface area contributed by atoms with Crippen LogP contribution in [-0.2, 0) is 19.3 Å². The number of halogens is 2. The number of hydrogen-bond acceptors (Lipinski definition) is 7. The Kier molecular flexibility index (Phi) is 6.59. The van der Waals surface area contributed by atoms with Gasteiger partial charge in [-0.05, 0) is 42.0 Å². The van der Waals surface area contributed by atoms with E-state index >= 15 is 0 Å². The summed E-state index contributed by atoms with van der Waals surface area (Å²) < 4.78 is 14.8. The third-order valence-corrected chi connectivity index (χ3v) is 6.68. The van der Waals surface area contributed by atoms with E-state index in [0.717, 1.165) is 22.1 Å². The molecule has 2 aromatic heterocycles. The first-order valence-corrected chi connectivity index (χ1v) is 11.3. The lowest BCUT2D eigenvalue weighted by Gasteiger charge is -2.03. The van der Waals surface area contributed by atoms with Crippen molar-refractivity contribution < 1.29 is 9.18 Å². The number of rotatable bonds is 7. The summed E-state index contributed by atoms with van der Waals surface area (Å²) in [5.41, 5.74) is 1.72. The van der Waals surface area contributed by atoms with E-state index in [9.17, 15) is 9.18 Å². The molecule has 4 rings (SSSR count). The van der Waals surface area contributed by atoms with Crippen LogP contribution in [0.1, 0.15) is 20.4 Å². The van der Waals surface area contributed by atoms with Crippen molar-refractivity contribution >= 4 is 40.6 Å². The second-order valence-electron chi connectivity index (χ2n) is 6.47. The van der Waals surface area contributed by atoms with Gasteiger partial charge in [0.15, 0.2) is 11.0 Å². The van der Waals surface area contributed by atoms with Gasteiger partial charge in [-0.15, -0.1) is 20.4 Å². The lowest BCUT2D eigenvalue weighted by molar-refractivity contribution is 0.0950. The summed E-state index contributed by atoms with van der Waals surface area (Å²) in [5.74, 6) is 0.610. The van der Waals surface area contributed by atoms with Crippen LogP contribution >= 0.6 is 34.7 Å². The predicted octanol–water partition coefficient (Wildman–Crippen LogP) is 4.35. The number of carbonyl (C=O) groups is 1. The van der Waals surface area contributed by atoms with Crippen molar-refractivity contribution in [3.05, 3.63) is 74.9 Å². The molecule has 0 saturated heterocycles. The van der Waals surface area contributed by atoms with E-state index in [2.05, 4.69) is 25.7 Å². The Hall–Kier alpha value is -2.82. The SMILES string of the molecule is Cn1c(SCc2nnc(C(=O)NCc3ccc(F)cc3)s2)nnc1-c1ccc(Cl)cc1. The fraction of sp³-hybridized carbons (Fsp3) is 0.150. The minimum absolute atomic E-state index is 0.275. The van der Waals surface area contributed by atoms with Crippen LogP contribution in [0, 0.1) is 5.82 Å². The smallest absolute Gasteiger partial charge is 0.282 e. The van der Waals surface area contributed by atoms with Gasteiger partial charge < -0.3 is 9.88 Å². The molecule has 0 radical (unpaired) electrons. The highest BCUT2D eigenvalue weighted by atomic mass is 35.5. The monoisotopic (exact) mass is 474 g/mol. The van der Waals surface area contributed by atoms with E-state index in [4.69, 9.17) is 11.6 Å². The van der Waals surface area contributed by atoms with Gasteiger partial charge in [0.05, 0.1) is 5.75 Å². The van der Waals surface area contributed by atoms with Crippen LogP contribution in [0.25, 0.3) is 11.4 Å². The summed E-state index contributed by atoms with van der Waals surface area (Å²) in [6.45, 7) is 0.287. The Morgan fingerprint density at radius 2 is 1.84 bits per heavy atom. The largest absolute Gasteiger partial charge is 0.346 e. The van der Waals surface area contributed by atoms with Crippen molar-refractivity contribution in [2.75, 3.05) is 0 Å². The van der Waals surface area contributed by atoms with Crippen LogP contribution in [-0.4, -0.2) is 30.9 Å². The highest BCUT2D eigenvalue weighted by Gasteiger charge is 2.15. The number of thioether (sulfide) groups is 1. The van der Waals surface area contributed by atoms with Crippen molar-refractivity contribution in [1.29, 1.82) is 0 Å². The van der Waals surface area contributed by atoms with Gasteiger partial charge in [-0.3, -0.25) is 4.79 Å². The zero-order chi connectivity index (χ0) is 21.8. The van der Waals surface area contributed by atoms with Crippen molar-refractivity contribution in [2.45, 2.75) is 17.5 Å². The molecule has 0 atom stereocenters. The van der Waals surface area contributed by atoms with Gasteiger partial charge in [-0.25, -0.2) is 4.39 Å². The van der Waals surface area contributed by atoms with Crippen LogP contribution in [0.3, 0.4) is 0 Å². The molecule has 0 fully saturated rings. The molecule has 4 aromatic rings. The number of aromatic nitrogens is 5. The average molecular weight is 475 g/mol. The first kappa shape index (κ1) is 21.4. The molecule has 0 aliphatic heterocycles. The molecule has 31 heavy (non-hydrogen) atoms. The van der Waals surface area contributed by atoms with Gasteiger partial charge >= 0.3 is 0 Å². The van der Waals surface area contributed by atoms with E-state index in [1.54, 1.807) is 12.1 Å². The van der Waals surface area contributed by atoms with Crippen LogP contribution in [0.15, 0.2) is 53.7 Å². The highest BCUT2D eigenvalue weighted by molar-refractivity contribution is 7.98. The fourth-order valence-corrected chi connectivity index (χ4v) is 4.46. The molecule has 1 amide bonds. The van der Waals surface area contributed by atoms with E-state index < -0.39 is 0 Å². The number of benzene rings is 2. The average Bonchev–Trinajstić information content (AvgIpc) is 3.39. The van der Waals surface area contributed by atoms with E-state index in [0.29, 0.717) is 15.8 Å². The van der Waals surface area contributed by atoms with Crippen LogP contribution in [0.4, 0.5) is 4.39 Å². The van der Waals surface area contributed by atoms with Crippen molar-refractivity contribution in [1.82, 2.24) is 30.3 Å². The first-order valence-electron chi connectivity index (χ1n) is 9.13. The number of nitrogens with one attached hydrogen (secondary N) is 1. The second-order valence-corrected chi connectivity index (χ2v) is 8.91. The second kappa shape index (κ2) is 9.54. The quantitative estimate of drug-likeness (QED) is 0.401. The molecule has 7 nitrogen and oxygen atoms in total. The zero-order valence-electron chi connectivity index (χ0n) is 16.2. The van der Waals surface area contributed by atoms with Crippen molar-refractivity contribution in [3.63, 3.8) is 0 Å². The maximum Gasteiger partial charge on any atom is 0.282 e. The third-order valence-electron chi connectivity index (χ3n) is 4.29. The summed E-state index contributed by atoms with van der Waals surface area (Å²) in [6.07, 6.45) is 0. The van der Waals surface area contributed by atoms with E-state index in [1.165, 1.54) is 35.2 Å². The van der Waals surface area contributed by atoms with Gasteiger partial charge in [-0.1, -0.05) is 46.8 Å². The molecule has 1 N–H and O–H groups in total. The Balaban J connectivity index is 1.34. The number of nitrogens with zero attached hydrogens (tertiary/aromatic N) is 5. The van der Waals surface area contributed by atoms with E-state index in [1.807, 2.05) is 35.9 Å². The lowest BCUT2D eigenvalue weighted by Crippen LogP contribution is -2.22. The van der Waals surface area contributed by atoms with Crippen LogP contribution < -0.4 is 5.32 Å². The normalized spacial score (nSPS) is 10.9. The Labute approximate surface area is 190 Å². The van der Waals surface area contributed by atoms with E-state index in [-0.39, 0.29) is 23.3 Å². The maximum atomic E-state index is 13.0. The van der Waals surface area contributed by atoms with Crippen molar-refractivity contribution in [2.24, 2.45) is 7.05 Å². The van der Waals surface area contributed by atoms with Crippen LogP contribution in [0.2, 0.25) is 5.02 Å². The number of amides is 1. The van der Waals surface area contributed by atoms with Gasteiger partial charge in [0, 0.05) is 24.2 Å². The maximum absolute atomic E-state index is 13.0. The molecule has 158 valence electrons. The topological polar surface area (TPSA) is 85.6 Å². The molecule has 0 spiro atoms. The molecule has 0 unspecified atom stereocenters. The highest BCUT2D eigenvalue weighted by Crippen LogP contribution is 2.27. The summed E-state index contributed by atoms with van der Waals surface area (Å²) >= 11 is 8.62. The van der Waals surface area contributed by atoms with Crippen LogP contribution in [0.5, 0.6) is 0 Å². The van der Waals surface area contributed by atoms with Crippen molar-refractivity contribution in [3.8, 4) is 11.4 Å². The minimum atomic E-state index is -0.318. The molecular weight excluding hydrogens is 459 g/mol. The Morgan fingerprint density at radius 3 is 2.58 bits per heavy atom. The molecule has 2 heterocycles. The Morgan fingerprint density at radius 1 is 1.10 bits per heavy atom. The zero-order valence-corrected chi connectivity index (χ0v) is 18.6. The molecule has 0 aliphatic carbocycles. The van der Waals surface area contributed by atoms with Gasteiger partial charge in [0.1, 0.15) is 10.8 Å². The van der Waals surface area contributed by atoms with Gasteiger partial charge in [-0.2, -0.15) is 0 Å². The number of hydrogen-bond donors (Lipinski definition) is 1. The summed E-state index contributed by atoms with van der Waals surface area (Å²) in [7, 11) is 1.89. The third kappa shape index (κ3) is 5.27. The molecule has 2 aromatic carbocycles. The summed E-state index contributed by atoms with van der Waals surface area (Å²) in [5, 5.41) is 21.7. The van der Waals surface area contributed by atoms with Gasteiger partial charge in [0.2, 0.25) is 5.01 Å². The lowest BCUT2D eigenvalue weighted by atomic mass is 10.2. The molecular formula is C20H16ClFN6OS2.